The molecule has 7 aromatic carbocycles. The molecule has 0 saturated carbocycles. The standard InChI is InChI=1S/C63H46N4/c1-40-53(42-24-10-3-11-25-42)49-38-51-55(44-28-14-5-15-29-44)57(46-32-18-7-19-33-46)62(66-51)63-58(47-34-20-8-21-35-47)56(45-30-16-6-17-31-45)52(67-63)39-50-54(43-26-12-4-13-27-43)41(2)61(65-50)59(60(40)64-49)48-36-22-9-23-37-48/h3-39,64,66-67H,1-2H3. The van der Waals surface area contributed by atoms with E-state index in [0.717, 1.165) is 134 Å². The lowest BCUT2D eigenvalue weighted by Crippen LogP contribution is -1.89. The predicted molar refractivity (Wildman–Crippen MR) is 282 cm³/mol. The molecule has 1 aliphatic rings. The first kappa shape index (κ1) is 39.8. The largest absolute Gasteiger partial charge is 0.354 e. The molecule has 0 radical (unpaired) electrons. The molecule has 4 aromatic heterocycles. The minimum atomic E-state index is 0.895. The molecule has 8 bridgehead atoms. The van der Waals surface area contributed by atoms with Crippen LogP contribution in [0.3, 0.4) is 0 Å². The Labute approximate surface area is 390 Å². The number of rotatable bonds is 7. The van der Waals surface area contributed by atoms with Gasteiger partial charge >= 0.3 is 0 Å². The third kappa shape index (κ3) is 6.90. The van der Waals surface area contributed by atoms with Crippen LogP contribution in [-0.2, 0) is 0 Å². The molecule has 3 N–H and O–H groups in total. The second-order valence-electron chi connectivity index (χ2n) is 17.3. The van der Waals surface area contributed by atoms with Crippen molar-refractivity contribution in [1.82, 2.24) is 19.9 Å². The molecular formula is C63H46N4. The molecule has 5 heterocycles. The molecule has 318 valence electrons. The van der Waals surface area contributed by atoms with Gasteiger partial charge in [-0.25, -0.2) is 4.98 Å². The fourth-order valence-electron chi connectivity index (χ4n) is 10.4. The molecule has 12 rings (SSSR count). The van der Waals surface area contributed by atoms with Crippen LogP contribution in [0.15, 0.2) is 224 Å². The van der Waals surface area contributed by atoms with Crippen molar-refractivity contribution >= 4 is 44.2 Å². The van der Waals surface area contributed by atoms with Crippen molar-refractivity contribution in [3.05, 3.63) is 247 Å². The number of benzene rings is 7. The summed E-state index contributed by atoms with van der Waals surface area (Å²) in [6.07, 6.45) is 0. The van der Waals surface area contributed by atoms with E-state index in [2.05, 4.69) is 253 Å². The molecule has 1 aliphatic heterocycles. The number of fused-ring (bicyclic) bond motifs is 9. The third-order valence-corrected chi connectivity index (χ3v) is 13.3. The minimum Gasteiger partial charge on any atom is -0.354 e. The molecule has 0 aliphatic carbocycles. The highest BCUT2D eigenvalue weighted by Gasteiger charge is 2.27. The zero-order valence-corrected chi connectivity index (χ0v) is 37.3. The number of hydrogen-bond acceptors (Lipinski definition) is 1. The van der Waals surface area contributed by atoms with E-state index < -0.39 is 0 Å². The highest BCUT2D eigenvalue weighted by molar-refractivity contribution is 6.16. The van der Waals surface area contributed by atoms with E-state index >= 15 is 0 Å². The molecule has 11 aromatic rings. The molecule has 4 heteroatoms. The van der Waals surface area contributed by atoms with Gasteiger partial charge in [-0.1, -0.05) is 212 Å². The Bertz CT molecular complexity index is 3750. The van der Waals surface area contributed by atoms with Crippen molar-refractivity contribution in [1.29, 1.82) is 0 Å². The molecule has 0 unspecified atom stereocenters. The Balaban J connectivity index is 1.40. The highest BCUT2D eigenvalue weighted by atomic mass is 14.8. The van der Waals surface area contributed by atoms with Gasteiger partial charge in [-0.15, -0.1) is 0 Å². The third-order valence-electron chi connectivity index (χ3n) is 13.3. The Morgan fingerprint density at radius 1 is 0.299 bits per heavy atom. The van der Waals surface area contributed by atoms with Gasteiger partial charge in [0.25, 0.3) is 0 Å². The van der Waals surface area contributed by atoms with Crippen molar-refractivity contribution < 1.29 is 0 Å². The van der Waals surface area contributed by atoms with Gasteiger partial charge in [-0.3, -0.25) is 0 Å². The Morgan fingerprint density at radius 2 is 0.612 bits per heavy atom. The van der Waals surface area contributed by atoms with Crippen LogP contribution in [-0.4, -0.2) is 19.9 Å². The van der Waals surface area contributed by atoms with Gasteiger partial charge in [0.2, 0.25) is 0 Å². The first-order valence-electron chi connectivity index (χ1n) is 23.0. The SMILES string of the molecule is CC1=C(c2ccccc2)c2cc3[nH]c(c(-c4ccccc4)c3-c3ccccc3)c3[nH]c(cc4[nH]c(c(C)c4-c4ccccc4)c(-c4ccccc4)c1n2)c(-c1ccccc1)c3-c1ccccc1. The van der Waals surface area contributed by atoms with Crippen LogP contribution in [0.2, 0.25) is 0 Å². The van der Waals surface area contributed by atoms with Crippen molar-refractivity contribution in [2.24, 2.45) is 0 Å². The van der Waals surface area contributed by atoms with Gasteiger partial charge in [-0.2, -0.15) is 0 Å². The normalized spacial score (nSPS) is 12.0. The Morgan fingerprint density at radius 3 is 1.03 bits per heavy atom. The summed E-state index contributed by atoms with van der Waals surface area (Å²) in [4.78, 5) is 18.1. The molecule has 0 saturated heterocycles. The summed E-state index contributed by atoms with van der Waals surface area (Å²) in [5, 5.41) is 0. The number of aromatic amines is 3. The van der Waals surface area contributed by atoms with Gasteiger partial charge in [0.15, 0.2) is 0 Å². The predicted octanol–water partition coefficient (Wildman–Crippen LogP) is 16.8. The van der Waals surface area contributed by atoms with E-state index in [4.69, 9.17) is 4.98 Å². The van der Waals surface area contributed by atoms with Crippen LogP contribution in [0.4, 0.5) is 0 Å². The van der Waals surface area contributed by atoms with Gasteiger partial charge < -0.3 is 15.0 Å². The second-order valence-corrected chi connectivity index (χ2v) is 17.3. The Kier molecular flexibility index (Phi) is 9.92. The van der Waals surface area contributed by atoms with Crippen LogP contribution in [0, 0.1) is 6.92 Å². The van der Waals surface area contributed by atoms with E-state index in [-0.39, 0.29) is 0 Å². The zero-order valence-electron chi connectivity index (χ0n) is 37.3. The zero-order chi connectivity index (χ0) is 44.8. The van der Waals surface area contributed by atoms with Crippen molar-refractivity contribution in [3.8, 4) is 66.8 Å². The van der Waals surface area contributed by atoms with E-state index in [1.54, 1.807) is 0 Å². The summed E-state index contributed by atoms with van der Waals surface area (Å²) >= 11 is 0. The van der Waals surface area contributed by atoms with Crippen LogP contribution < -0.4 is 0 Å². The summed E-state index contributed by atoms with van der Waals surface area (Å²) < 4.78 is 0. The summed E-state index contributed by atoms with van der Waals surface area (Å²) in [6, 6.07) is 80.2. The first-order valence-corrected chi connectivity index (χ1v) is 23.0. The first-order chi connectivity index (χ1) is 33.1. The fraction of sp³-hybridized carbons (Fsp3) is 0.0317. The van der Waals surface area contributed by atoms with Gasteiger partial charge in [0, 0.05) is 55.5 Å². The maximum absolute atomic E-state index is 5.78. The average Bonchev–Trinajstić information content (AvgIpc) is 4.13. The van der Waals surface area contributed by atoms with E-state index in [9.17, 15) is 0 Å². The fourth-order valence-corrected chi connectivity index (χ4v) is 10.4. The van der Waals surface area contributed by atoms with Crippen LogP contribution in [0.1, 0.15) is 29.4 Å². The lowest BCUT2D eigenvalue weighted by atomic mass is 9.92. The van der Waals surface area contributed by atoms with E-state index in [1.807, 2.05) is 0 Å². The van der Waals surface area contributed by atoms with Gasteiger partial charge in [0.1, 0.15) is 0 Å². The summed E-state index contributed by atoms with van der Waals surface area (Å²) in [6.45, 7) is 4.50. The number of aromatic nitrogens is 4. The second kappa shape index (κ2) is 16.7. The highest BCUT2D eigenvalue weighted by Crippen LogP contribution is 2.48. The number of nitrogens with one attached hydrogen (secondary N) is 3. The molecule has 67 heavy (non-hydrogen) atoms. The number of nitrogens with zero attached hydrogens (tertiary/aromatic N) is 1. The van der Waals surface area contributed by atoms with Gasteiger partial charge in [-0.05, 0) is 76.1 Å². The lowest BCUT2D eigenvalue weighted by molar-refractivity contribution is 1.29. The Hall–Kier alpha value is -8.73. The summed E-state index contributed by atoms with van der Waals surface area (Å²) in [7, 11) is 0. The number of hydrogen-bond donors (Lipinski definition) is 3. The number of H-pyrrole nitrogens is 3. The topological polar surface area (TPSA) is 60.3 Å². The van der Waals surface area contributed by atoms with Gasteiger partial charge in [0.05, 0.1) is 27.9 Å². The quantitative estimate of drug-likeness (QED) is 0.147. The number of aryl methyl sites for hydroxylation is 1. The monoisotopic (exact) mass is 858 g/mol. The maximum Gasteiger partial charge on any atom is 0.0772 e. The molecule has 0 spiro atoms. The van der Waals surface area contributed by atoms with Crippen molar-refractivity contribution in [3.63, 3.8) is 0 Å². The van der Waals surface area contributed by atoms with Crippen LogP contribution in [0.5, 0.6) is 0 Å². The molecule has 4 nitrogen and oxygen atoms in total. The molecular weight excluding hydrogens is 813 g/mol. The van der Waals surface area contributed by atoms with E-state index in [0.29, 0.717) is 0 Å². The smallest absolute Gasteiger partial charge is 0.0772 e. The molecule has 0 atom stereocenters. The summed E-state index contributed by atoms with van der Waals surface area (Å²) in [5.41, 5.74) is 25.7. The molecule has 0 amide bonds. The van der Waals surface area contributed by atoms with Crippen LogP contribution in [0.25, 0.3) is 111 Å². The average molecular weight is 859 g/mol. The van der Waals surface area contributed by atoms with Crippen molar-refractivity contribution in [2.45, 2.75) is 13.8 Å². The molecule has 0 fully saturated rings. The maximum atomic E-state index is 5.78. The lowest BCUT2D eigenvalue weighted by Gasteiger charge is -2.09. The van der Waals surface area contributed by atoms with E-state index in [1.165, 1.54) is 0 Å². The minimum absolute atomic E-state index is 0.895. The van der Waals surface area contributed by atoms with Crippen molar-refractivity contribution in [2.75, 3.05) is 0 Å². The number of allylic oxidation sites excluding steroid dienone is 1. The summed E-state index contributed by atoms with van der Waals surface area (Å²) in [5.74, 6) is 0. The van der Waals surface area contributed by atoms with Crippen LogP contribution >= 0.6 is 0 Å².